The molecule has 0 amide bonds. The minimum absolute atomic E-state index is 0.407. The molecule has 0 heterocycles. The van der Waals surface area contributed by atoms with Gasteiger partial charge >= 0.3 is 30.0 Å². The molecule has 0 aliphatic carbocycles. The molecule has 2 aromatic rings. The van der Waals surface area contributed by atoms with Gasteiger partial charge in [-0.3, -0.25) is 0 Å². The molecule has 2 aromatic carbocycles. The van der Waals surface area contributed by atoms with Crippen molar-refractivity contribution in [3.63, 3.8) is 0 Å². The molecule has 0 saturated heterocycles. The zero-order valence-electron chi connectivity index (χ0n) is 9.50. The SMILES string of the molecule is Clc1cccc(Cl)c1OCc1[c-]cccc1.[Zn+][Br]. The summed E-state index contributed by atoms with van der Waals surface area (Å²) in [6.45, 7) is 0.407. The fourth-order valence-electron chi connectivity index (χ4n) is 1.29. The molecule has 0 unspecified atom stereocenters. The molecule has 0 saturated carbocycles. The van der Waals surface area contributed by atoms with Crippen molar-refractivity contribution in [3.05, 3.63) is 64.1 Å². The van der Waals surface area contributed by atoms with Gasteiger partial charge in [0.1, 0.15) is 0 Å². The molecule has 90 valence electrons. The first kappa shape index (κ1) is 16.0. The molecule has 0 spiro atoms. The zero-order chi connectivity index (χ0) is 13.4. The van der Waals surface area contributed by atoms with Crippen molar-refractivity contribution in [2.24, 2.45) is 0 Å². The van der Waals surface area contributed by atoms with Crippen LogP contribution < -0.4 is 4.74 Å². The van der Waals surface area contributed by atoms with Gasteiger partial charge in [-0.15, -0.1) is 5.56 Å². The van der Waals surface area contributed by atoms with Crippen LogP contribution in [-0.4, -0.2) is 0 Å². The Morgan fingerprint density at radius 3 is 2.28 bits per heavy atom. The van der Waals surface area contributed by atoms with E-state index >= 15 is 0 Å². The molecule has 2 rings (SSSR count). The first-order valence-electron chi connectivity index (χ1n) is 5.06. The molecule has 0 N–H and O–H groups in total. The van der Waals surface area contributed by atoms with Gasteiger partial charge in [0.05, 0.1) is 16.7 Å². The van der Waals surface area contributed by atoms with Crippen LogP contribution in [0.1, 0.15) is 5.56 Å². The molecule has 0 radical (unpaired) electrons. The van der Waals surface area contributed by atoms with Crippen LogP contribution in [0.15, 0.2) is 42.5 Å². The van der Waals surface area contributed by atoms with E-state index in [1.54, 1.807) is 18.2 Å². The number of ether oxygens (including phenoxy) is 1. The molecule has 0 fully saturated rings. The van der Waals surface area contributed by atoms with E-state index in [4.69, 9.17) is 27.9 Å². The molecule has 0 aliphatic heterocycles. The Labute approximate surface area is 133 Å². The molecule has 5 heteroatoms. The second-order valence-electron chi connectivity index (χ2n) is 3.23. The van der Waals surface area contributed by atoms with Crippen LogP contribution in [0.25, 0.3) is 0 Å². The third-order valence-corrected chi connectivity index (χ3v) is 2.66. The first-order valence-corrected chi connectivity index (χ1v) is 12.8. The third kappa shape index (κ3) is 4.89. The van der Waals surface area contributed by atoms with Gasteiger partial charge in [-0.25, -0.2) is 0 Å². The molecule has 18 heavy (non-hydrogen) atoms. The topological polar surface area (TPSA) is 9.23 Å². The summed E-state index contributed by atoms with van der Waals surface area (Å²) in [6, 6.07) is 16.0. The van der Waals surface area contributed by atoms with Crippen molar-refractivity contribution in [3.8, 4) is 5.75 Å². The molecule has 0 aliphatic rings. The van der Waals surface area contributed by atoms with Crippen LogP contribution in [0.2, 0.25) is 10.0 Å². The maximum atomic E-state index is 5.98. The Balaban J connectivity index is 0.000000771. The van der Waals surface area contributed by atoms with Crippen LogP contribution in [0.5, 0.6) is 5.75 Å². The predicted octanol–water partition coefficient (Wildman–Crippen LogP) is 5.22. The maximum absolute atomic E-state index is 5.98. The Bertz CT molecular complexity index is 459. The summed E-state index contributed by atoms with van der Waals surface area (Å²) >= 11 is 16.2. The van der Waals surface area contributed by atoms with E-state index in [9.17, 15) is 0 Å². The van der Waals surface area contributed by atoms with Gasteiger partial charge < -0.3 is 4.74 Å². The number of halogens is 3. The van der Waals surface area contributed by atoms with Crippen molar-refractivity contribution >= 4 is 36.8 Å². The van der Waals surface area contributed by atoms with Crippen LogP contribution in [-0.2, 0) is 22.9 Å². The fraction of sp³-hybridized carbons (Fsp3) is 0.0769. The van der Waals surface area contributed by atoms with Gasteiger partial charge in [0.15, 0.2) is 5.75 Å². The van der Waals surface area contributed by atoms with Crippen molar-refractivity contribution in [2.75, 3.05) is 0 Å². The molecular weight excluding hydrogens is 388 g/mol. The summed E-state index contributed by atoms with van der Waals surface area (Å²) in [5, 5.41) is 1.03. The number of para-hydroxylation sites is 1. The molecule has 1 nitrogen and oxygen atoms in total. The predicted molar refractivity (Wildman–Crippen MR) is 75.0 cm³/mol. The van der Waals surface area contributed by atoms with Crippen molar-refractivity contribution in [2.45, 2.75) is 6.61 Å². The van der Waals surface area contributed by atoms with Crippen LogP contribution >= 0.6 is 36.8 Å². The van der Waals surface area contributed by atoms with E-state index in [1.165, 1.54) is 16.3 Å². The molecule has 0 aromatic heterocycles. The summed E-state index contributed by atoms with van der Waals surface area (Å²) < 4.78 is 5.56. The van der Waals surface area contributed by atoms with E-state index in [0.717, 1.165) is 5.56 Å². The molecule has 0 atom stereocenters. The quantitative estimate of drug-likeness (QED) is 0.510. The molecule has 0 bridgehead atoms. The Morgan fingerprint density at radius 1 is 1.06 bits per heavy atom. The number of hydrogen-bond donors (Lipinski definition) is 0. The zero-order valence-corrected chi connectivity index (χ0v) is 15.6. The van der Waals surface area contributed by atoms with E-state index in [2.05, 4.69) is 19.7 Å². The van der Waals surface area contributed by atoms with Crippen molar-refractivity contribution < 1.29 is 21.1 Å². The van der Waals surface area contributed by atoms with Crippen LogP contribution in [0.3, 0.4) is 0 Å². The summed E-state index contributed by atoms with van der Waals surface area (Å²) in [5.74, 6) is 0.517. The average molecular weight is 397 g/mol. The number of hydrogen-bond acceptors (Lipinski definition) is 1. The van der Waals surface area contributed by atoms with Gasteiger partial charge in [-0.1, -0.05) is 29.3 Å². The second kappa shape index (κ2) is 8.93. The summed E-state index contributed by atoms with van der Waals surface area (Å²) in [5.41, 5.74) is 0.957. The van der Waals surface area contributed by atoms with Gasteiger partial charge in [0, 0.05) is 0 Å². The summed E-state index contributed by atoms with van der Waals surface area (Å²) in [4.78, 5) is 0. The average Bonchev–Trinajstić information content (AvgIpc) is 2.42. The van der Waals surface area contributed by atoms with E-state index in [0.29, 0.717) is 22.4 Å². The monoisotopic (exact) mass is 394 g/mol. The fourth-order valence-corrected chi connectivity index (χ4v) is 1.80. The first-order chi connectivity index (χ1) is 8.77. The normalized spacial score (nSPS) is 9.39. The Kier molecular flexibility index (Phi) is 7.93. The van der Waals surface area contributed by atoms with Gasteiger partial charge in [-0.2, -0.15) is 30.3 Å². The van der Waals surface area contributed by atoms with Crippen LogP contribution in [0.4, 0.5) is 0 Å². The Morgan fingerprint density at radius 2 is 1.72 bits per heavy atom. The third-order valence-electron chi connectivity index (χ3n) is 2.06. The standard InChI is InChI=1S/C13H9Cl2O.BrH.Zn/c14-11-7-4-8-12(15)13(11)16-9-10-5-2-1-3-6-10;;/h1-5,7-8H,9H2;1H;/q-1;;+2/p-1. The number of rotatable bonds is 3. The molecular formula is C13H9BrCl2OZn. The van der Waals surface area contributed by atoms with E-state index in [-0.39, 0.29) is 0 Å². The van der Waals surface area contributed by atoms with Crippen LogP contribution in [0, 0.1) is 6.07 Å². The summed E-state index contributed by atoms with van der Waals surface area (Å²) in [7, 11) is 0. The Hall–Kier alpha value is -0.0766. The summed E-state index contributed by atoms with van der Waals surface area (Å²) in [6.07, 6.45) is 0. The van der Waals surface area contributed by atoms with E-state index < -0.39 is 0 Å². The van der Waals surface area contributed by atoms with E-state index in [1.807, 2.05) is 24.3 Å². The number of benzene rings is 2. The van der Waals surface area contributed by atoms with Gasteiger partial charge in [0.25, 0.3) is 0 Å². The minimum atomic E-state index is 0.407. The van der Waals surface area contributed by atoms with Crippen molar-refractivity contribution in [1.29, 1.82) is 0 Å². The second-order valence-corrected chi connectivity index (χ2v) is 4.04. The van der Waals surface area contributed by atoms with Crippen molar-refractivity contribution in [1.82, 2.24) is 0 Å². The van der Waals surface area contributed by atoms with Gasteiger partial charge in [0.2, 0.25) is 0 Å². The van der Waals surface area contributed by atoms with Gasteiger partial charge in [-0.05, 0) is 12.1 Å².